The van der Waals surface area contributed by atoms with Gasteiger partial charge in [0.1, 0.15) is 11.5 Å². The molecule has 0 aliphatic heterocycles. The molecule has 0 N–H and O–H groups in total. The van der Waals surface area contributed by atoms with Gasteiger partial charge in [-0.2, -0.15) is 0 Å². The number of para-hydroxylation sites is 1. The maximum atomic E-state index is 12.1. The van der Waals surface area contributed by atoms with Crippen molar-refractivity contribution in [1.82, 2.24) is 10.2 Å². The van der Waals surface area contributed by atoms with Crippen molar-refractivity contribution in [2.24, 2.45) is 0 Å². The van der Waals surface area contributed by atoms with E-state index < -0.39 is 5.97 Å². The number of halogens is 1. The molecule has 0 bridgehead atoms. The highest BCUT2D eigenvalue weighted by molar-refractivity contribution is 6.30. The summed E-state index contributed by atoms with van der Waals surface area (Å²) in [6, 6.07) is 26.9. The van der Waals surface area contributed by atoms with Crippen LogP contribution in [0, 0.1) is 0 Å². The van der Waals surface area contributed by atoms with E-state index in [1.54, 1.807) is 30.3 Å². The Morgan fingerprint density at radius 1 is 0.759 bits per heavy atom. The van der Waals surface area contributed by atoms with Gasteiger partial charge in [0.25, 0.3) is 0 Å². The normalized spacial score (nSPS) is 10.4. The first-order valence-corrected chi connectivity index (χ1v) is 9.20. The zero-order chi connectivity index (χ0) is 20.1. The Morgan fingerprint density at radius 3 is 2.21 bits per heavy atom. The van der Waals surface area contributed by atoms with E-state index >= 15 is 0 Å². The average Bonchev–Trinajstić information content (AvgIpc) is 2.76. The van der Waals surface area contributed by atoms with Crippen LogP contribution in [0.15, 0.2) is 91.0 Å². The lowest BCUT2D eigenvalue weighted by Gasteiger charge is -2.07. The van der Waals surface area contributed by atoms with Crippen molar-refractivity contribution >= 4 is 17.6 Å². The molecule has 4 rings (SSSR count). The molecule has 0 aliphatic rings. The van der Waals surface area contributed by atoms with E-state index in [9.17, 15) is 4.79 Å². The van der Waals surface area contributed by atoms with Crippen molar-refractivity contribution in [2.75, 3.05) is 0 Å². The molecular weight excluding hydrogens is 388 g/mol. The summed E-state index contributed by atoms with van der Waals surface area (Å²) in [5.41, 5.74) is 1.86. The van der Waals surface area contributed by atoms with Crippen LogP contribution in [0.25, 0.3) is 11.3 Å². The molecular formula is C23H15ClN2O3. The van der Waals surface area contributed by atoms with Crippen LogP contribution >= 0.6 is 11.6 Å². The summed E-state index contributed by atoms with van der Waals surface area (Å²) in [5, 5.41) is 8.57. The predicted molar refractivity (Wildman–Crippen MR) is 110 cm³/mol. The molecule has 0 fully saturated rings. The first-order valence-electron chi connectivity index (χ1n) is 8.82. The third kappa shape index (κ3) is 4.78. The Labute approximate surface area is 172 Å². The molecule has 3 aromatic carbocycles. The molecule has 1 heterocycles. The highest BCUT2D eigenvalue weighted by Crippen LogP contribution is 2.25. The highest BCUT2D eigenvalue weighted by Gasteiger charge is 2.11. The monoisotopic (exact) mass is 402 g/mol. The Morgan fingerprint density at radius 2 is 1.52 bits per heavy atom. The van der Waals surface area contributed by atoms with Gasteiger partial charge in [-0.1, -0.05) is 35.9 Å². The fraction of sp³-hybridized carbons (Fsp3) is 0. The first kappa shape index (κ1) is 18.7. The van der Waals surface area contributed by atoms with E-state index in [1.807, 2.05) is 54.6 Å². The fourth-order valence-electron chi connectivity index (χ4n) is 2.62. The number of nitrogens with zero attached hydrogens (tertiary/aromatic N) is 2. The van der Waals surface area contributed by atoms with Crippen molar-refractivity contribution in [3.63, 3.8) is 0 Å². The van der Waals surface area contributed by atoms with Gasteiger partial charge in [0.2, 0.25) is 5.88 Å². The SMILES string of the molecule is O=C(Oc1ccc(-c2ccc(Oc3ccccc3)cc2)nn1)c1cccc(Cl)c1. The summed E-state index contributed by atoms with van der Waals surface area (Å²) in [5.74, 6) is 1.06. The van der Waals surface area contributed by atoms with Crippen molar-refractivity contribution in [3.8, 4) is 28.6 Å². The lowest BCUT2D eigenvalue weighted by Crippen LogP contribution is -2.09. The number of ether oxygens (including phenoxy) is 2. The minimum absolute atomic E-state index is 0.114. The van der Waals surface area contributed by atoms with Crippen molar-refractivity contribution < 1.29 is 14.3 Å². The number of esters is 1. The van der Waals surface area contributed by atoms with Crippen LogP contribution < -0.4 is 9.47 Å². The van der Waals surface area contributed by atoms with Gasteiger partial charge >= 0.3 is 5.97 Å². The maximum absolute atomic E-state index is 12.1. The Bertz CT molecular complexity index is 1110. The summed E-state index contributed by atoms with van der Waals surface area (Å²) >= 11 is 5.89. The van der Waals surface area contributed by atoms with Crippen LogP contribution in [0.1, 0.15) is 10.4 Å². The van der Waals surface area contributed by atoms with Crippen LogP contribution in [-0.4, -0.2) is 16.2 Å². The zero-order valence-corrected chi connectivity index (χ0v) is 15.9. The third-order valence-electron chi connectivity index (χ3n) is 4.03. The lowest BCUT2D eigenvalue weighted by atomic mass is 10.1. The van der Waals surface area contributed by atoms with Gasteiger partial charge in [0, 0.05) is 16.7 Å². The summed E-state index contributed by atoms with van der Waals surface area (Å²) in [7, 11) is 0. The van der Waals surface area contributed by atoms with Crippen molar-refractivity contribution in [1.29, 1.82) is 0 Å². The molecule has 1 aromatic heterocycles. The molecule has 4 aromatic rings. The zero-order valence-electron chi connectivity index (χ0n) is 15.2. The molecule has 0 unspecified atom stereocenters. The van der Waals surface area contributed by atoms with Gasteiger partial charge in [0.05, 0.1) is 11.3 Å². The quantitative estimate of drug-likeness (QED) is 0.394. The standard InChI is InChI=1S/C23H15ClN2O3/c24-18-6-4-5-17(15-18)23(27)29-22-14-13-21(25-26-22)16-9-11-20(12-10-16)28-19-7-2-1-3-8-19/h1-15H. The number of rotatable bonds is 5. The van der Waals surface area contributed by atoms with Gasteiger partial charge in [-0.15, -0.1) is 10.2 Å². The lowest BCUT2D eigenvalue weighted by molar-refractivity contribution is 0.0726. The number of hydrogen-bond donors (Lipinski definition) is 0. The van der Waals surface area contributed by atoms with Crippen LogP contribution in [-0.2, 0) is 0 Å². The van der Waals surface area contributed by atoms with E-state index in [2.05, 4.69) is 10.2 Å². The van der Waals surface area contributed by atoms with Gasteiger partial charge < -0.3 is 9.47 Å². The second kappa shape index (κ2) is 8.54. The largest absolute Gasteiger partial charge is 0.457 e. The molecule has 0 saturated heterocycles. The van der Waals surface area contributed by atoms with E-state index in [0.29, 0.717) is 16.3 Å². The Kier molecular flexibility index (Phi) is 5.49. The predicted octanol–water partition coefficient (Wildman–Crippen LogP) is 5.81. The molecule has 0 saturated carbocycles. The molecule has 0 aliphatic carbocycles. The fourth-order valence-corrected chi connectivity index (χ4v) is 2.81. The van der Waals surface area contributed by atoms with Gasteiger partial charge in [-0.25, -0.2) is 4.79 Å². The second-order valence-electron chi connectivity index (χ2n) is 6.10. The molecule has 0 radical (unpaired) electrons. The third-order valence-corrected chi connectivity index (χ3v) is 4.26. The Hall–Kier alpha value is -3.70. The molecule has 29 heavy (non-hydrogen) atoms. The van der Waals surface area contributed by atoms with Crippen LogP contribution in [0.5, 0.6) is 17.4 Å². The molecule has 0 atom stereocenters. The highest BCUT2D eigenvalue weighted by atomic mass is 35.5. The minimum Gasteiger partial charge on any atom is -0.457 e. The van der Waals surface area contributed by atoms with Gasteiger partial charge in [0.15, 0.2) is 0 Å². The van der Waals surface area contributed by atoms with Crippen molar-refractivity contribution in [3.05, 3.63) is 102 Å². The summed E-state index contributed by atoms with van der Waals surface area (Å²) in [4.78, 5) is 12.1. The molecule has 5 nitrogen and oxygen atoms in total. The summed E-state index contributed by atoms with van der Waals surface area (Å²) in [6.07, 6.45) is 0. The summed E-state index contributed by atoms with van der Waals surface area (Å²) < 4.78 is 11.0. The maximum Gasteiger partial charge on any atom is 0.344 e. The summed E-state index contributed by atoms with van der Waals surface area (Å²) in [6.45, 7) is 0. The Balaban J connectivity index is 1.43. The van der Waals surface area contributed by atoms with E-state index in [0.717, 1.165) is 17.1 Å². The van der Waals surface area contributed by atoms with E-state index in [1.165, 1.54) is 6.07 Å². The number of carbonyl (C=O) groups is 1. The minimum atomic E-state index is -0.544. The molecule has 6 heteroatoms. The molecule has 0 spiro atoms. The van der Waals surface area contributed by atoms with Crippen LogP contribution in [0.4, 0.5) is 0 Å². The number of carbonyl (C=O) groups excluding carboxylic acids is 1. The number of benzene rings is 3. The second-order valence-corrected chi connectivity index (χ2v) is 6.53. The molecule has 142 valence electrons. The van der Waals surface area contributed by atoms with Crippen LogP contribution in [0.2, 0.25) is 5.02 Å². The van der Waals surface area contributed by atoms with Crippen molar-refractivity contribution in [2.45, 2.75) is 0 Å². The van der Waals surface area contributed by atoms with E-state index in [-0.39, 0.29) is 5.88 Å². The number of hydrogen-bond acceptors (Lipinski definition) is 5. The topological polar surface area (TPSA) is 61.3 Å². The number of aromatic nitrogens is 2. The van der Waals surface area contributed by atoms with Gasteiger partial charge in [-0.3, -0.25) is 0 Å². The average molecular weight is 403 g/mol. The molecule has 0 amide bonds. The van der Waals surface area contributed by atoms with Gasteiger partial charge in [-0.05, 0) is 60.7 Å². The first-order chi connectivity index (χ1) is 14.2. The van der Waals surface area contributed by atoms with E-state index in [4.69, 9.17) is 21.1 Å². The van der Waals surface area contributed by atoms with Crippen LogP contribution in [0.3, 0.4) is 0 Å². The smallest absolute Gasteiger partial charge is 0.344 e.